The van der Waals surface area contributed by atoms with Gasteiger partial charge in [0.25, 0.3) is 0 Å². The van der Waals surface area contributed by atoms with Crippen LogP contribution in [0.4, 0.5) is 17.3 Å². The van der Waals surface area contributed by atoms with Gasteiger partial charge >= 0.3 is 5.69 Å². The van der Waals surface area contributed by atoms with Crippen molar-refractivity contribution in [3.63, 3.8) is 0 Å². The first-order valence-corrected chi connectivity index (χ1v) is 5.65. The zero-order valence-electron chi connectivity index (χ0n) is 10.7. The maximum atomic E-state index is 11.0. The molecule has 1 aromatic heterocycles. The Labute approximate surface area is 105 Å². The van der Waals surface area contributed by atoms with E-state index in [1.807, 2.05) is 20.8 Å². The number of hydrazine groups is 1. The first-order chi connectivity index (χ1) is 8.41. The van der Waals surface area contributed by atoms with Crippen molar-refractivity contribution in [3.05, 3.63) is 16.4 Å². The minimum Gasteiger partial charge on any atom is -0.359 e. The summed E-state index contributed by atoms with van der Waals surface area (Å²) in [7, 11) is 0. The van der Waals surface area contributed by atoms with Gasteiger partial charge in [0.2, 0.25) is 11.6 Å². The highest BCUT2D eigenvalue weighted by Gasteiger charge is 2.26. The molecule has 0 atom stereocenters. The molecule has 1 heterocycles. The molecule has 0 amide bonds. The molecule has 0 aliphatic heterocycles. The molecule has 4 N–H and O–H groups in total. The number of nitro groups is 1. The molecule has 0 saturated carbocycles. The summed E-state index contributed by atoms with van der Waals surface area (Å²) in [5.74, 6) is 5.37. The summed E-state index contributed by atoms with van der Waals surface area (Å²) in [6.07, 6.45) is 3.05. The second kappa shape index (κ2) is 5.58. The second-order valence-electron chi connectivity index (χ2n) is 4.58. The monoisotopic (exact) mass is 254 g/mol. The number of anilines is 2. The third kappa shape index (κ3) is 3.27. The van der Waals surface area contributed by atoms with Crippen molar-refractivity contribution in [3.8, 4) is 0 Å². The van der Waals surface area contributed by atoms with Crippen LogP contribution in [0.25, 0.3) is 0 Å². The molecule has 0 radical (unpaired) electrons. The van der Waals surface area contributed by atoms with E-state index in [1.165, 1.54) is 6.33 Å². The van der Waals surface area contributed by atoms with Crippen LogP contribution in [-0.4, -0.2) is 20.4 Å². The van der Waals surface area contributed by atoms with Crippen molar-refractivity contribution in [2.24, 2.45) is 5.84 Å². The molecule has 8 nitrogen and oxygen atoms in total. The summed E-state index contributed by atoms with van der Waals surface area (Å²) in [6, 6.07) is 0. The fourth-order valence-corrected chi connectivity index (χ4v) is 1.76. The summed E-state index contributed by atoms with van der Waals surface area (Å²) in [4.78, 5) is 18.1. The molecule has 8 heteroatoms. The van der Waals surface area contributed by atoms with Gasteiger partial charge in [-0.05, 0) is 20.3 Å². The van der Waals surface area contributed by atoms with Gasteiger partial charge in [-0.2, -0.15) is 0 Å². The van der Waals surface area contributed by atoms with Gasteiger partial charge in [0.05, 0.1) is 4.92 Å². The first kappa shape index (κ1) is 14.1. The number of nitrogens with one attached hydrogen (secondary N) is 2. The van der Waals surface area contributed by atoms with E-state index in [1.54, 1.807) is 0 Å². The van der Waals surface area contributed by atoms with E-state index >= 15 is 0 Å². The molecule has 1 aromatic rings. The van der Waals surface area contributed by atoms with Crippen molar-refractivity contribution < 1.29 is 4.92 Å². The molecule has 0 fully saturated rings. The molecule has 0 bridgehead atoms. The molecule has 100 valence electrons. The Morgan fingerprint density at radius 1 is 1.44 bits per heavy atom. The van der Waals surface area contributed by atoms with Crippen LogP contribution in [0.3, 0.4) is 0 Å². The van der Waals surface area contributed by atoms with E-state index in [2.05, 4.69) is 20.7 Å². The molecule has 0 saturated heterocycles. The van der Waals surface area contributed by atoms with Gasteiger partial charge < -0.3 is 10.7 Å². The minimum atomic E-state index is -0.556. The van der Waals surface area contributed by atoms with Crippen molar-refractivity contribution in [1.82, 2.24) is 9.97 Å². The zero-order chi connectivity index (χ0) is 13.8. The van der Waals surface area contributed by atoms with Crippen molar-refractivity contribution in [2.75, 3.05) is 10.7 Å². The quantitative estimate of drug-likeness (QED) is 0.401. The van der Waals surface area contributed by atoms with E-state index in [0.717, 1.165) is 12.8 Å². The highest BCUT2D eigenvalue weighted by atomic mass is 16.6. The minimum absolute atomic E-state index is 0.00945. The van der Waals surface area contributed by atoms with Gasteiger partial charge in [0, 0.05) is 5.54 Å². The molecular weight excluding hydrogens is 236 g/mol. The van der Waals surface area contributed by atoms with E-state index in [4.69, 9.17) is 5.84 Å². The largest absolute Gasteiger partial charge is 0.359 e. The van der Waals surface area contributed by atoms with Gasteiger partial charge in [-0.15, -0.1) is 0 Å². The van der Waals surface area contributed by atoms with Gasteiger partial charge in [0.1, 0.15) is 6.33 Å². The van der Waals surface area contributed by atoms with Crippen LogP contribution < -0.4 is 16.6 Å². The topological polar surface area (TPSA) is 119 Å². The highest BCUT2D eigenvalue weighted by molar-refractivity contribution is 5.69. The van der Waals surface area contributed by atoms with Crippen LogP contribution in [0.5, 0.6) is 0 Å². The van der Waals surface area contributed by atoms with Crippen LogP contribution in [0.2, 0.25) is 0 Å². The summed E-state index contributed by atoms with van der Waals surface area (Å²) >= 11 is 0. The van der Waals surface area contributed by atoms with E-state index < -0.39 is 4.92 Å². The number of nitrogens with zero attached hydrogens (tertiary/aromatic N) is 3. The van der Waals surface area contributed by atoms with Gasteiger partial charge in [-0.25, -0.2) is 15.8 Å². The van der Waals surface area contributed by atoms with Crippen molar-refractivity contribution in [1.29, 1.82) is 0 Å². The molecule has 0 unspecified atom stereocenters. The summed E-state index contributed by atoms with van der Waals surface area (Å²) in [5, 5.41) is 14.1. The van der Waals surface area contributed by atoms with E-state index in [-0.39, 0.29) is 22.9 Å². The molecule has 0 spiro atoms. The Hall–Kier alpha value is -1.96. The lowest BCUT2D eigenvalue weighted by Crippen LogP contribution is -2.31. The number of nitrogens with two attached hydrogens (primary N) is 1. The van der Waals surface area contributed by atoms with Gasteiger partial charge in [0.15, 0.2) is 0 Å². The smallest absolute Gasteiger partial charge is 0.354 e. The number of hydrogen-bond acceptors (Lipinski definition) is 7. The normalized spacial score (nSPS) is 11.1. The summed E-state index contributed by atoms with van der Waals surface area (Å²) in [6.45, 7) is 5.96. The molecule has 18 heavy (non-hydrogen) atoms. The van der Waals surface area contributed by atoms with Gasteiger partial charge in [-0.1, -0.05) is 13.3 Å². The number of rotatable bonds is 6. The number of aromatic nitrogens is 2. The maximum Gasteiger partial charge on any atom is 0.354 e. The Balaban J connectivity index is 3.12. The van der Waals surface area contributed by atoms with Crippen LogP contribution in [0.1, 0.15) is 33.6 Å². The summed E-state index contributed by atoms with van der Waals surface area (Å²) < 4.78 is 0. The summed E-state index contributed by atoms with van der Waals surface area (Å²) in [5.41, 5.74) is 1.66. The Bertz CT molecular complexity index is 434. The molecular formula is C10H18N6O2. The SMILES string of the molecule is CCCC(C)(C)Nc1ncnc(NN)c1[N+](=O)[O-]. The molecule has 1 rings (SSSR count). The van der Waals surface area contributed by atoms with Crippen LogP contribution >= 0.6 is 0 Å². The van der Waals surface area contributed by atoms with Crippen LogP contribution in [0.15, 0.2) is 6.33 Å². The van der Waals surface area contributed by atoms with Crippen molar-refractivity contribution in [2.45, 2.75) is 39.2 Å². The third-order valence-corrected chi connectivity index (χ3v) is 2.47. The first-order valence-electron chi connectivity index (χ1n) is 5.65. The average Bonchev–Trinajstić information content (AvgIpc) is 2.27. The lowest BCUT2D eigenvalue weighted by Gasteiger charge is -2.26. The van der Waals surface area contributed by atoms with E-state index in [9.17, 15) is 10.1 Å². The average molecular weight is 254 g/mol. The van der Waals surface area contributed by atoms with Crippen LogP contribution in [0, 0.1) is 10.1 Å². The third-order valence-electron chi connectivity index (χ3n) is 2.47. The second-order valence-corrected chi connectivity index (χ2v) is 4.58. The number of hydrogen-bond donors (Lipinski definition) is 3. The molecule has 0 aliphatic rings. The fourth-order valence-electron chi connectivity index (χ4n) is 1.76. The fraction of sp³-hybridized carbons (Fsp3) is 0.600. The Kier molecular flexibility index (Phi) is 4.38. The van der Waals surface area contributed by atoms with E-state index in [0.29, 0.717) is 0 Å². The zero-order valence-corrected chi connectivity index (χ0v) is 10.7. The molecule has 0 aromatic carbocycles. The van der Waals surface area contributed by atoms with Gasteiger partial charge in [-0.3, -0.25) is 10.1 Å². The Morgan fingerprint density at radius 3 is 2.56 bits per heavy atom. The standard InChI is InChI=1S/C10H18N6O2/c1-4-5-10(2,3)14-8-7(16(17)18)9(15-11)13-6-12-8/h6H,4-5,11H2,1-3H3,(H2,12,13,14,15). The maximum absolute atomic E-state index is 11.0. The predicted octanol–water partition coefficient (Wildman–Crippen LogP) is 1.66. The predicted molar refractivity (Wildman–Crippen MR) is 69.1 cm³/mol. The molecule has 0 aliphatic carbocycles. The lowest BCUT2D eigenvalue weighted by molar-refractivity contribution is -0.383. The van der Waals surface area contributed by atoms with Crippen LogP contribution in [-0.2, 0) is 0 Å². The lowest BCUT2D eigenvalue weighted by atomic mass is 9.99. The van der Waals surface area contributed by atoms with Crippen molar-refractivity contribution >= 4 is 17.3 Å². The Morgan fingerprint density at radius 2 is 2.06 bits per heavy atom. The number of nitrogen functional groups attached to an aromatic ring is 1. The highest BCUT2D eigenvalue weighted by Crippen LogP contribution is 2.30.